The molecule has 2 aromatic carbocycles. The summed E-state index contributed by atoms with van der Waals surface area (Å²) in [6.07, 6.45) is 0. The Morgan fingerprint density at radius 1 is 1.07 bits per heavy atom. The molecule has 0 aliphatic heterocycles. The minimum absolute atomic E-state index is 0.0229. The third-order valence-corrected chi connectivity index (χ3v) is 5.06. The quantitative estimate of drug-likeness (QED) is 0.591. The molecule has 0 N–H and O–H groups in total. The number of benzene rings is 2. The van der Waals surface area contributed by atoms with Crippen molar-refractivity contribution in [1.82, 2.24) is 4.57 Å². The van der Waals surface area contributed by atoms with Gasteiger partial charge in [0.05, 0.1) is 31.5 Å². The van der Waals surface area contributed by atoms with E-state index < -0.39 is 30.1 Å². The lowest BCUT2D eigenvalue weighted by Crippen LogP contribution is -2.23. The molecule has 10 heteroatoms. The van der Waals surface area contributed by atoms with Crippen molar-refractivity contribution < 1.29 is 32.6 Å². The van der Waals surface area contributed by atoms with E-state index in [9.17, 15) is 18.4 Å². The van der Waals surface area contributed by atoms with Crippen LogP contribution in [-0.4, -0.2) is 37.8 Å². The maximum absolute atomic E-state index is 14.4. The highest BCUT2D eigenvalue weighted by molar-refractivity contribution is 7.16. The van der Waals surface area contributed by atoms with E-state index in [2.05, 4.69) is 9.73 Å². The zero-order valence-electron chi connectivity index (χ0n) is 15.7. The van der Waals surface area contributed by atoms with Gasteiger partial charge in [0.25, 0.3) is 5.91 Å². The Kier molecular flexibility index (Phi) is 5.92. The fraction of sp³-hybridized carbons (Fsp3) is 0.211. The number of nitrogens with zero attached hydrogens (tertiary/aromatic N) is 2. The van der Waals surface area contributed by atoms with Crippen molar-refractivity contribution in [3.8, 4) is 11.5 Å². The van der Waals surface area contributed by atoms with Crippen LogP contribution in [0.1, 0.15) is 10.4 Å². The second kappa shape index (κ2) is 8.39. The Labute approximate surface area is 167 Å². The van der Waals surface area contributed by atoms with Crippen LogP contribution in [0.2, 0.25) is 0 Å². The summed E-state index contributed by atoms with van der Waals surface area (Å²) in [5.41, 5.74) is 0.150. The molecule has 1 heterocycles. The van der Waals surface area contributed by atoms with Crippen molar-refractivity contribution in [2.75, 3.05) is 21.3 Å². The van der Waals surface area contributed by atoms with Gasteiger partial charge in [-0.15, -0.1) is 0 Å². The number of hydrogen-bond acceptors (Lipinski definition) is 6. The number of thiazole rings is 1. The van der Waals surface area contributed by atoms with Crippen molar-refractivity contribution in [1.29, 1.82) is 0 Å². The summed E-state index contributed by atoms with van der Waals surface area (Å²) in [4.78, 5) is 28.5. The van der Waals surface area contributed by atoms with Crippen LogP contribution in [0.5, 0.6) is 11.5 Å². The summed E-state index contributed by atoms with van der Waals surface area (Å²) in [5, 5.41) is 0. The summed E-state index contributed by atoms with van der Waals surface area (Å²) < 4.78 is 44.3. The first-order valence-corrected chi connectivity index (χ1v) is 9.06. The van der Waals surface area contributed by atoms with E-state index in [0.717, 1.165) is 17.4 Å². The normalized spacial score (nSPS) is 11.6. The number of amides is 1. The van der Waals surface area contributed by atoms with E-state index in [-0.39, 0.29) is 20.6 Å². The second-order valence-corrected chi connectivity index (χ2v) is 6.78. The van der Waals surface area contributed by atoms with Crippen molar-refractivity contribution in [3.05, 3.63) is 52.3 Å². The van der Waals surface area contributed by atoms with Gasteiger partial charge in [0.1, 0.15) is 12.4 Å². The molecule has 1 aromatic heterocycles. The number of fused-ring (bicyclic) bond motifs is 1. The fourth-order valence-electron chi connectivity index (χ4n) is 2.68. The van der Waals surface area contributed by atoms with Crippen molar-refractivity contribution in [2.24, 2.45) is 4.99 Å². The Morgan fingerprint density at radius 3 is 2.45 bits per heavy atom. The molecule has 0 atom stereocenters. The highest BCUT2D eigenvalue weighted by Crippen LogP contribution is 2.28. The number of carbonyl (C=O) groups excluding carboxylic acids is 2. The largest absolute Gasteiger partial charge is 0.493 e. The van der Waals surface area contributed by atoms with Crippen LogP contribution in [0.4, 0.5) is 8.78 Å². The van der Waals surface area contributed by atoms with Crippen LogP contribution in [0.3, 0.4) is 0 Å². The van der Waals surface area contributed by atoms with Gasteiger partial charge >= 0.3 is 5.97 Å². The molecule has 0 spiro atoms. The van der Waals surface area contributed by atoms with Crippen molar-refractivity contribution >= 4 is 33.4 Å². The lowest BCUT2D eigenvalue weighted by molar-refractivity contribution is -0.141. The fourth-order valence-corrected chi connectivity index (χ4v) is 3.74. The second-order valence-electron chi connectivity index (χ2n) is 5.77. The molecule has 3 rings (SSSR count). The van der Waals surface area contributed by atoms with Crippen LogP contribution in [0.25, 0.3) is 10.2 Å². The standard InChI is InChI=1S/C19H16F2N2O5S/c1-26-13-5-4-10(6-14(13)27-2)18(25)22-19-23(9-16(24)28-3)17-12(21)7-11(20)8-15(17)29-19/h4-8H,9H2,1-3H3. The molecule has 0 radical (unpaired) electrons. The molecular weight excluding hydrogens is 406 g/mol. The van der Waals surface area contributed by atoms with Gasteiger partial charge in [0, 0.05) is 11.6 Å². The van der Waals surface area contributed by atoms with Gasteiger partial charge in [0.2, 0.25) is 0 Å². The predicted molar refractivity (Wildman–Crippen MR) is 101 cm³/mol. The summed E-state index contributed by atoms with van der Waals surface area (Å²) in [5.74, 6) is -2.21. The minimum Gasteiger partial charge on any atom is -0.493 e. The van der Waals surface area contributed by atoms with Crippen molar-refractivity contribution in [2.45, 2.75) is 6.54 Å². The SMILES string of the molecule is COC(=O)Cn1c(=NC(=O)c2ccc(OC)c(OC)c2)sc2cc(F)cc(F)c21. The van der Waals surface area contributed by atoms with Crippen LogP contribution in [0, 0.1) is 11.6 Å². The number of hydrogen-bond donors (Lipinski definition) is 0. The topological polar surface area (TPSA) is 79.1 Å². The maximum atomic E-state index is 14.4. The van der Waals surface area contributed by atoms with E-state index in [1.165, 1.54) is 38.0 Å². The van der Waals surface area contributed by atoms with Crippen LogP contribution >= 0.6 is 11.3 Å². The Bertz CT molecular complexity index is 1170. The van der Waals surface area contributed by atoms with Crippen LogP contribution in [0.15, 0.2) is 35.3 Å². The predicted octanol–water partition coefficient (Wildman–Crippen LogP) is 2.91. The molecule has 0 bridgehead atoms. The molecule has 0 aliphatic rings. The zero-order valence-corrected chi connectivity index (χ0v) is 16.5. The minimum atomic E-state index is -0.875. The molecule has 1 amide bonds. The molecule has 7 nitrogen and oxygen atoms in total. The summed E-state index contributed by atoms with van der Waals surface area (Å²) in [6, 6.07) is 6.29. The lowest BCUT2D eigenvalue weighted by atomic mass is 10.2. The molecule has 0 aliphatic carbocycles. The number of carbonyl (C=O) groups is 2. The first-order valence-electron chi connectivity index (χ1n) is 8.24. The van der Waals surface area contributed by atoms with E-state index in [0.29, 0.717) is 17.6 Å². The van der Waals surface area contributed by atoms with Gasteiger partial charge in [-0.2, -0.15) is 4.99 Å². The first-order chi connectivity index (χ1) is 13.9. The third-order valence-electron chi connectivity index (χ3n) is 4.04. The number of ether oxygens (including phenoxy) is 3. The first kappa shape index (κ1) is 20.5. The Morgan fingerprint density at radius 2 is 1.79 bits per heavy atom. The van der Waals surface area contributed by atoms with Crippen LogP contribution < -0.4 is 14.3 Å². The average Bonchev–Trinajstić information content (AvgIpc) is 3.03. The van der Waals surface area contributed by atoms with Crippen molar-refractivity contribution in [3.63, 3.8) is 0 Å². The monoisotopic (exact) mass is 422 g/mol. The lowest BCUT2D eigenvalue weighted by Gasteiger charge is -2.08. The number of rotatable bonds is 5. The molecule has 0 saturated carbocycles. The third kappa shape index (κ3) is 4.11. The van der Waals surface area contributed by atoms with E-state index >= 15 is 0 Å². The van der Waals surface area contributed by atoms with Gasteiger partial charge in [-0.1, -0.05) is 11.3 Å². The maximum Gasteiger partial charge on any atom is 0.325 e. The zero-order chi connectivity index (χ0) is 21.1. The molecule has 29 heavy (non-hydrogen) atoms. The summed E-state index contributed by atoms with van der Waals surface area (Å²) >= 11 is 0.877. The van der Waals surface area contributed by atoms with Gasteiger partial charge < -0.3 is 18.8 Å². The molecular formula is C19H16F2N2O5S. The van der Waals surface area contributed by atoms with E-state index in [1.54, 1.807) is 6.07 Å². The number of esters is 1. The molecule has 152 valence electrons. The highest BCUT2D eigenvalue weighted by atomic mass is 32.1. The van der Waals surface area contributed by atoms with Gasteiger partial charge in [-0.05, 0) is 24.3 Å². The Balaban J connectivity index is 2.16. The van der Waals surface area contributed by atoms with E-state index in [4.69, 9.17) is 9.47 Å². The highest BCUT2D eigenvalue weighted by Gasteiger charge is 2.17. The number of halogens is 2. The van der Waals surface area contributed by atoms with Gasteiger partial charge in [-0.25, -0.2) is 8.78 Å². The number of methoxy groups -OCH3 is 3. The summed E-state index contributed by atoms with van der Waals surface area (Å²) in [7, 11) is 4.07. The van der Waals surface area contributed by atoms with Crippen LogP contribution in [-0.2, 0) is 16.1 Å². The molecule has 0 fully saturated rings. The van der Waals surface area contributed by atoms with E-state index in [1.807, 2.05) is 0 Å². The molecule has 3 aromatic rings. The molecule has 0 unspecified atom stereocenters. The Hall–Kier alpha value is -3.27. The van der Waals surface area contributed by atoms with Gasteiger partial charge in [0.15, 0.2) is 22.1 Å². The molecule has 0 saturated heterocycles. The number of aromatic nitrogens is 1. The smallest absolute Gasteiger partial charge is 0.325 e. The van der Waals surface area contributed by atoms with Gasteiger partial charge in [-0.3, -0.25) is 9.59 Å². The summed E-state index contributed by atoms with van der Waals surface area (Å²) in [6.45, 7) is -0.392. The average molecular weight is 422 g/mol.